The van der Waals surface area contributed by atoms with Crippen LogP contribution in [0.2, 0.25) is 10.0 Å². The number of rotatable bonds is 10. The molecule has 2 amide bonds. The maximum absolute atomic E-state index is 12.3. The number of hydrogen-bond acceptors (Lipinski definition) is 6. The molecule has 0 fully saturated rings. The summed E-state index contributed by atoms with van der Waals surface area (Å²) in [4.78, 5) is 36.1. The molecule has 0 saturated carbocycles. The molecule has 0 unspecified atom stereocenters. The molecule has 1 atom stereocenters. The topological polar surface area (TPSA) is 134 Å². The number of anilines is 1. The number of amides is 2. The van der Waals surface area contributed by atoms with Crippen molar-refractivity contribution in [3.63, 3.8) is 0 Å². The zero-order valence-electron chi connectivity index (χ0n) is 20.3. The number of aliphatic hydroxyl groups is 1. The Morgan fingerprint density at radius 1 is 0.921 bits per heavy atom. The average molecular weight is 553 g/mol. The zero-order chi connectivity index (χ0) is 27.5. The van der Waals surface area contributed by atoms with Crippen LogP contribution in [-0.2, 0) is 16.1 Å². The first-order chi connectivity index (χ1) is 18.3. The number of hydrogen-bond donors (Lipinski definition) is 5. The summed E-state index contributed by atoms with van der Waals surface area (Å²) in [6.07, 6.45) is 0. The van der Waals surface area contributed by atoms with Crippen LogP contribution in [0, 0.1) is 11.8 Å². The Kier molecular flexibility index (Phi) is 10.8. The van der Waals surface area contributed by atoms with Crippen molar-refractivity contribution in [2.24, 2.45) is 5.73 Å². The lowest BCUT2D eigenvalue weighted by molar-refractivity contribution is -0.123. The highest BCUT2D eigenvalue weighted by Gasteiger charge is 2.18. The lowest BCUT2D eigenvalue weighted by Crippen LogP contribution is -2.46. The molecule has 0 aliphatic carbocycles. The molecule has 8 nitrogen and oxygen atoms in total. The first-order valence-corrected chi connectivity index (χ1v) is 12.4. The third kappa shape index (κ3) is 8.70. The van der Waals surface area contributed by atoms with E-state index in [0.717, 1.165) is 11.1 Å². The van der Waals surface area contributed by atoms with Gasteiger partial charge in [-0.3, -0.25) is 14.4 Å². The van der Waals surface area contributed by atoms with Crippen LogP contribution in [0.15, 0.2) is 66.7 Å². The SMILES string of the molecule is NC[C@H](NC(=O)c1ccc(C#Cc2ccc(NC(=O)CNCc3ccc(Cl)cc3Cl)cc2)cc1)C(=O)CO. The van der Waals surface area contributed by atoms with Gasteiger partial charge in [-0.1, -0.05) is 41.1 Å². The second-order valence-electron chi connectivity index (χ2n) is 8.18. The smallest absolute Gasteiger partial charge is 0.251 e. The third-order valence-corrected chi connectivity index (χ3v) is 5.96. The summed E-state index contributed by atoms with van der Waals surface area (Å²) in [6.45, 7) is -0.254. The van der Waals surface area contributed by atoms with Gasteiger partial charge < -0.3 is 26.8 Å². The highest BCUT2D eigenvalue weighted by Crippen LogP contribution is 2.20. The standard InChI is InChI=1S/C28H26Cl2N4O4/c29-22-10-9-21(24(30)13-22)15-32-16-27(37)33-23-11-5-19(6-12-23)2-1-18-3-7-20(8-4-18)28(38)34-25(14-31)26(36)17-35/h3-13,25,32,35H,14-17,31H2,(H,33,37)(H,34,38)/t25-/m0/s1. The van der Waals surface area contributed by atoms with Crippen molar-refractivity contribution in [1.82, 2.24) is 10.6 Å². The lowest BCUT2D eigenvalue weighted by Gasteiger charge is -2.14. The van der Waals surface area contributed by atoms with Gasteiger partial charge in [-0.25, -0.2) is 0 Å². The fourth-order valence-electron chi connectivity index (χ4n) is 3.29. The van der Waals surface area contributed by atoms with E-state index >= 15 is 0 Å². The van der Waals surface area contributed by atoms with Gasteiger partial charge in [-0.05, 0) is 66.2 Å². The third-order valence-electron chi connectivity index (χ3n) is 5.37. The van der Waals surface area contributed by atoms with Crippen molar-refractivity contribution in [1.29, 1.82) is 0 Å². The highest BCUT2D eigenvalue weighted by molar-refractivity contribution is 6.35. The van der Waals surface area contributed by atoms with Crippen molar-refractivity contribution in [2.45, 2.75) is 12.6 Å². The van der Waals surface area contributed by atoms with E-state index in [0.29, 0.717) is 33.4 Å². The molecular weight excluding hydrogens is 527 g/mol. The number of aliphatic hydroxyl groups excluding tert-OH is 1. The van der Waals surface area contributed by atoms with Crippen LogP contribution >= 0.6 is 23.2 Å². The zero-order valence-corrected chi connectivity index (χ0v) is 21.8. The van der Waals surface area contributed by atoms with Gasteiger partial charge in [0.1, 0.15) is 12.6 Å². The van der Waals surface area contributed by atoms with Gasteiger partial charge in [-0.15, -0.1) is 0 Å². The Bertz CT molecular complexity index is 1350. The van der Waals surface area contributed by atoms with Crippen molar-refractivity contribution in [2.75, 3.05) is 25.0 Å². The van der Waals surface area contributed by atoms with Gasteiger partial charge in [0.2, 0.25) is 5.91 Å². The first kappa shape index (κ1) is 28.9. The summed E-state index contributed by atoms with van der Waals surface area (Å²) in [5.41, 5.74) is 8.73. The fourth-order valence-corrected chi connectivity index (χ4v) is 3.77. The number of nitrogens with one attached hydrogen (secondary N) is 3. The van der Waals surface area contributed by atoms with Gasteiger partial charge in [0.25, 0.3) is 5.91 Å². The number of carbonyl (C=O) groups excluding carboxylic acids is 3. The Hall–Kier alpha value is -3.71. The van der Waals surface area contributed by atoms with E-state index in [1.807, 2.05) is 6.07 Å². The van der Waals surface area contributed by atoms with Crippen LogP contribution in [0.25, 0.3) is 0 Å². The van der Waals surface area contributed by atoms with E-state index in [-0.39, 0.29) is 19.0 Å². The Morgan fingerprint density at radius 2 is 1.55 bits per heavy atom. The molecule has 0 radical (unpaired) electrons. The van der Waals surface area contributed by atoms with Crippen LogP contribution in [0.5, 0.6) is 0 Å². The maximum Gasteiger partial charge on any atom is 0.251 e. The van der Waals surface area contributed by atoms with E-state index in [9.17, 15) is 14.4 Å². The normalized spacial score (nSPS) is 11.2. The quantitative estimate of drug-likeness (QED) is 0.245. The molecule has 3 aromatic rings. The van der Waals surface area contributed by atoms with Crippen molar-refractivity contribution < 1.29 is 19.5 Å². The fraction of sp³-hybridized carbons (Fsp3) is 0.179. The van der Waals surface area contributed by atoms with Crippen molar-refractivity contribution >= 4 is 46.5 Å². The lowest BCUT2D eigenvalue weighted by atomic mass is 10.1. The molecule has 0 bridgehead atoms. The summed E-state index contributed by atoms with van der Waals surface area (Å²) >= 11 is 12.0. The minimum Gasteiger partial charge on any atom is -0.388 e. The molecule has 0 aromatic heterocycles. The molecule has 3 aromatic carbocycles. The molecule has 0 aliphatic rings. The van der Waals surface area contributed by atoms with E-state index in [2.05, 4.69) is 27.8 Å². The first-order valence-electron chi connectivity index (χ1n) is 11.6. The Labute approximate surface area is 230 Å². The number of carbonyl (C=O) groups is 3. The molecule has 10 heteroatoms. The van der Waals surface area contributed by atoms with Crippen LogP contribution in [0.4, 0.5) is 5.69 Å². The molecule has 38 heavy (non-hydrogen) atoms. The highest BCUT2D eigenvalue weighted by atomic mass is 35.5. The molecule has 0 spiro atoms. The van der Waals surface area contributed by atoms with Crippen molar-refractivity contribution in [3.05, 3.63) is 99.0 Å². The predicted molar refractivity (Wildman–Crippen MR) is 148 cm³/mol. The van der Waals surface area contributed by atoms with Crippen LogP contribution in [0.3, 0.4) is 0 Å². The van der Waals surface area contributed by atoms with Crippen LogP contribution < -0.4 is 21.7 Å². The van der Waals surface area contributed by atoms with Gasteiger partial charge in [-0.2, -0.15) is 0 Å². The minimum atomic E-state index is -0.940. The largest absolute Gasteiger partial charge is 0.388 e. The monoisotopic (exact) mass is 552 g/mol. The summed E-state index contributed by atoms with van der Waals surface area (Å²) in [5.74, 6) is 4.82. The minimum absolute atomic E-state index is 0.103. The second kappa shape index (κ2) is 14.3. The van der Waals surface area contributed by atoms with E-state index < -0.39 is 24.3 Å². The number of benzene rings is 3. The molecule has 3 rings (SSSR count). The van der Waals surface area contributed by atoms with E-state index in [1.54, 1.807) is 60.7 Å². The molecule has 0 aliphatic heterocycles. The van der Waals surface area contributed by atoms with Crippen LogP contribution in [-0.4, -0.2) is 48.4 Å². The molecular formula is C28H26Cl2N4O4. The molecule has 0 saturated heterocycles. The van der Waals surface area contributed by atoms with Gasteiger partial charge in [0.05, 0.1) is 6.54 Å². The number of halogens is 2. The van der Waals surface area contributed by atoms with Gasteiger partial charge in [0, 0.05) is 45.5 Å². The van der Waals surface area contributed by atoms with Gasteiger partial charge in [0.15, 0.2) is 5.78 Å². The number of ketones is 1. The van der Waals surface area contributed by atoms with E-state index in [1.165, 1.54) is 0 Å². The number of nitrogens with two attached hydrogens (primary N) is 1. The molecule has 6 N–H and O–H groups in total. The molecule has 196 valence electrons. The molecule has 0 heterocycles. The Morgan fingerprint density at radius 3 is 2.13 bits per heavy atom. The summed E-state index contributed by atoms with van der Waals surface area (Å²) in [7, 11) is 0. The van der Waals surface area contributed by atoms with E-state index in [4.69, 9.17) is 34.0 Å². The summed E-state index contributed by atoms with van der Waals surface area (Å²) in [6, 6.07) is 17.9. The number of Topliss-reactive ketones (excluding diaryl/α,β-unsaturated/α-hetero) is 1. The second-order valence-corrected chi connectivity index (χ2v) is 9.02. The predicted octanol–water partition coefficient (Wildman–Crippen LogP) is 2.74. The maximum atomic E-state index is 12.3. The van der Waals surface area contributed by atoms with Gasteiger partial charge >= 0.3 is 0 Å². The Balaban J connectivity index is 1.49. The van der Waals surface area contributed by atoms with Crippen LogP contribution in [0.1, 0.15) is 27.0 Å². The summed E-state index contributed by atoms with van der Waals surface area (Å²) < 4.78 is 0. The van der Waals surface area contributed by atoms with Crippen molar-refractivity contribution in [3.8, 4) is 11.8 Å². The summed E-state index contributed by atoms with van der Waals surface area (Å²) in [5, 5.41) is 18.4. The average Bonchev–Trinajstić information content (AvgIpc) is 2.92.